The van der Waals surface area contributed by atoms with Crippen molar-refractivity contribution >= 4 is 35.3 Å². The zero-order valence-electron chi connectivity index (χ0n) is 8.57. The maximum atomic E-state index is 12.1. The van der Waals surface area contributed by atoms with Gasteiger partial charge in [0.1, 0.15) is 0 Å². The first kappa shape index (κ1) is 14.6. The van der Waals surface area contributed by atoms with Crippen LogP contribution in [-0.4, -0.2) is 18.4 Å². The van der Waals surface area contributed by atoms with Crippen LogP contribution >= 0.6 is 22.6 Å². The largest absolute Gasteiger partial charge is 0.516 e. The number of hydrogen-bond donors (Lipinski definition) is 0. The van der Waals surface area contributed by atoms with Crippen LogP contribution in [0.1, 0.15) is 5.56 Å². The van der Waals surface area contributed by atoms with Gasteiger partial charge in [-0.25, -0.2) is 0 Å². The van der Waals surface area contributed by atoms with Gasteiger partial charge in [0.05, 0.1) is 26.6 Å². The van der Waals surface area contributed by atoms with E-state index in [4.69, 9.17) is 5.26 Å². The maximum absolute atomic E-state index is 12.1. The fraction of sp³-hybridized carbons (Fsp3) is 0.125. The molecule has 0 unspecified atom stereocenters. The third-order valence-corrected chi connectivity index (χ3v) is 2.57. The molecular formula is C8H4BF3IN2O3-. The maximum Gasteiger partial charge on any atom is 0.515 e. The monoisotopic (exact) mass is 371 g/mol. The molecule has 0 aliphatic carbocycles. The summed E-state index contributed by atoms with van der Waals surface area (Å²) in [5.41, 5.74) is -0.672. The van der Waals surface area contributed by atoms with E-state index in [1.165, 1.54) is 6.07 Å². The summed E-state index contributed by atoms with van der Waals surface area (Å²) < 4.78 is 40.7. The molecule has 0 aliphatic heterocycles. The Hall–Kier alpha value is -1.51. The number of nitrogens with zero attached hydrogens (tertiary/aromatic N) is 2. The van der Waals surface area contributed by atoms with Crippen molar-refractivity contribution in [3.8, 4) is 11.8 Å². The highest BCUT2D eigenvalue weighted by Crippen LogP contribution is 2.34. The van der Waals surface area contributed by atoms with Crippen LogP contribution in [-0.2, 0) is 0 Å². The molecule has 18 heavy (non-hydrogen) atoms. The summed E-state index contributed by atoms with van der Waals surface area (Å²) in [5, 5.41) is 19.3. The Morgan fingerprint density at radius 2 is 2.11 bits per heavy atom. The molecule has 0 aliphatic rings. The molecule has 0 N–H and O–H groups in total. The molecule has 0 fully saturated rings. The summed E-state index contributed by atoms with van der Waals surface area (Å²) in [6.45, 7) is -6.77. The van der Waals surface area contributed by atoms with E-state index in [0.717, 1.165) is 6.07 Å². The van der Waals surface area contributed by atoms with E-state index in [0.29, 0.717) is 0 Å². The van der Waals surface area contributed by atoms with Gasteiger partial charge in [0.25, 0.3) is 0 Å². The fourth-order valence-corrected chi connectivity index (χ4v) is 1.87. The third-order valence-electron chi connectivity index (χ3n) is 1.77. The molecule has 1 rings (SSSR count). The van der Waals surface area contributed by atoms with E-state index in [1.807, 2.05) is 0 Å². The summed E-state index contributed by atoms with van der Waals surface area (Å²) in [6.07, 6.45) is 0. The predicted molar refractivity (Wildman–Crippen MR) is 65.1 cm³/mol. The Kier molecular flexibility index (Phi) is 4.39. The third kappa shape index (κ3) is 3.76. The standard InChI is InChI=1S/C8H4BF3IN2O3/c10-9(11,12)4-18-8-6(13)1-5(3-14)2-7(8)15(16)17/h1-2H,4H2/q-1. The zero-order valence-corrected chi connectivity index (χ0v) is 10.7. The molecule has 0 heterocycles. The van der Waals surface area contributed by atoms with Crippen molar-refractivity contribution in [1.82, 2.24) is 0 Å². The second kappa shape index (κ2) is 5.43. The zero-order chi connectivity index (χ0) is 13.9. The van der Waals surface area contributed by atoms with E-state index < -0.39 is 29.8 Å². The van der Waals surface area contributed by atoms with E-state index in [1.54, 1.807) is 28.7 Å². The summed E-state index contributed by atoms with van der Waals surface area (Å²) in [4.78, 5) is 9.82. The molecule has 96 valence electrons. The van der Waals surface area contributed by atoms with Crippen LogP contribution in [0.4, 0.5) is 18.6 Å². The molecule has 0 saturated heterocycles. The number of ether oxygens (including phenoxy) is 1. The van der Waals surface area contributed by atoms with Gasteiger partial charge in [-0.3, -0.25) is 10.1 Å². The highest BCUT2D eigenvalue weighted by atomic mass is 127. The minimum absolute atomic E-state index is 0.0176. The van der Waals surface area contributed by atoms with Crippen LogP contribution in [0.3, 0.4) is 0 Å². The van der Waals surface area contributed by atoms with Crippen molar-refractivity contribution in [1.29, 1.82) is 5.26 Å². The van der Waals surface area contributed by atoms with Crippen LogP contribution in [0.5, 0.6) is 5.75 Å². The minimum atomic E-state index is -5.21. The first-order chi connectivity index (χ1) is 8.24. The number of hydrogen-bond acceptors (Lipinski definition) is 4. The van der Waals surface area contributed by atoms with Gasteiger partial charge in [0, 0.05) is 6.07 Å². The quantitative estimate of drug-likeness (QED) is 0.353. The highest BCUT2D eigenvalue weighted by Gasteiger charge is 2.27. The molecule has 5 nitrogen and oxygen atoms in total. The van der Waals surface area contributed by atoms with Crippen molar-refractivity contribution in [3.05, 3.63) is 31.4 Å². The smallest absolute Gasteiger partial charge is 0.515 e. The number of rotatable bonds is 4. The van der Waals surface area contributed by atoms with E-state index in [-0.39, 0.29) is 9.13 Å². The summed E-state index contributed by atoms with van der Waals surface area (Å²) in [5.74, 6) is -0.473. The summed E-state index contributed by atoms with van der Waals surface area (Å²) >= 11 is 1.58. The lowest BCUT2D eigenvalue weighted by atomic mass is 9.95. The Morgan fingerprint density at radius 1 is 1.50 bits per heavy atom. The first-order valence-corrected chi connectivity index (χ1v) is 5.54. The Balaban J connectivity index is 3.18. The molecule has 0 amide bonds. The molecular weight excluding hydrogens is 367 g/mol. The summed E-state index contributed by atoms with van der Waals surface area (Å²) in [6, 6.07) is 3.77. The molecule has 0 aromatic heterocycles. The van der Waals surface area contributed by atoms with Crippen LogP contribution in [0.2, 0.25) is 0 Å². The molecule has 0 atom stereocenters. The second-order valence-corrected chi connectivity index (χ2v) is 4.36. The predicted octanol–water partition coefficient (Wildman–Crippen LogP) is 2.84. The van der Waals surface area contributed by atoms with Gasteiger partial charge < -0.3 is 17.7 Å². The van der Waals surface area contributed by atoms with Crippen LogP contribution in [0.15, 0.2) is 12.1 Å². The Morgan fingerprint density at radius 3 is 2.56 bits per heavy atom. The molecule has 1 aromatic carbocycles. The lowest BCUT2D eigenvalue weighted by Gasteiger charge is -2.16. The van der Waals surface area contributed by atoms with Crippen molar-refractivity contribution in [2.75, 3.05) is 6.51 Å². The van der Waals surface area contributed by atoms with Gasteiger partial charge in [0.2, 0.25) is 5.75 Å². The molecule has 0 spiro atoms. The first-order valence-electron chi connectivity index (χ1n) is 4.46. The second-order valence-electron chi connectivity index (χ2n) is 3.20. The Labute approximate surface area is 113 Å². The SMILES string of the molecule is N#Cc1cc(I)c(OC[B-](F)(F)F)c([N+](=O)[O-])c1. The highest BCUT2D eigenvalue weighted by molar-refractivity contribution is 14.1. The number of benzene rings is 1. The average Bonchev–Trinajstić information content (AvgIpc) is 2.24. The van der Waals surface area contributed by atoms with Gasteiger partial charge in [-0.05, 0) is 28.7 Å². The molecule has 0 bridgehead atoms. The van der Waals surface area contributed by atoms with E-state index in [2.05, 4.69) is 4.74 Å². The van der Waals surface area contributed by atoms with Crippen LogP contribution in [0.25, 0.3) is 0 Å². The van der Waals surface area contributed by atoms with Crippen molar-refractivity contribution < 1.29 is 22.6 Å². The number of nitro benzene ring substituents is 1. The van der Waals surface area contributed by atoms with Crippen LogP contribution in [0, 0.1) is 25.0 Å². The lowest BCUT2D eigenvalue weighted by Crippen LogP contribution is -2.26. The van der Waals surface area contributed by atoms with Gasteiger partial charge >= 0.3 is 12.7 Å². The molecule has 0 saturated carbocycles. The van der Waals surface area contributed by atoms with Gasteiger partial charge in [-0.2, -0.15) is 5.26 Å². The van der Waals surface area contributed by atoms with Gasteiger partial charge in [-0.15, -0.1) is 0 Å². The molecule has 10 heteroatoms. The summed E-state index contributed by atoms with van der Waals surface area (Å²) in [7, 11) is 0. The van der Waals surface area contributed by atoms with Crippen LogP contribution < -0.4 is 4.74 Å². The Bertz CT molecular complexity index is 530. The molecule has 1 aromatic rings. The number of halogens is 4. The van der Waals surface area contributed by atoms with Gasteiger partial charge in [-0.1, -0.05) is 0 Å². The topological polar surface area (TPSA) is 76.2 Å². The molecule has 0 radical (unpaired) electrons. The van der Waals surface area contributed by atoms with E-state index >= 15 is 0 Å². The van der Waals surface area contributed by atoms with E-state index in [9.17, 15) is 23.1 Å². The lowest BCUT2D eigenvalue weighted by molar-refractivity contribution is -0.385. The van der Waals surface area contributed by atoms with Crippen molar-refractivity contribution in [3.63, 3.8) is 0 Å². The normalized spacial score (nSPS) is 10.8. The fourth-order valence-electron chi connectivity index (χ4n) is 1.10. The number of nitriles is 1. The minimum Gasteiger partial charge on any atom is -0.516 e. The average molecular weight is 371 g/mol. The van der Waals surface area contributed by atoms with Crippen molar-refractivity contribution in [2.24, 2.45) is 0 Å². The van der Waals surface area contributed by atoms with Gasteiger partial charge in [0.15, 0.2) is 0 Å². The number of nitro groups is 1. The van der Waals surface area contributed by atoms with Crippen molar-refractivity contribution in [2.45, 2.75) is 0 Å².